The van der Waals surface area contributed by atoms with Crippen LogP contribution >= 0.6 is 11.8 Å². The molecule has 0 saturated heterocycles. The van der Waals surface area contributed by atoms with Crippen LogP contribution in [0, 0.1) is 5.92 Å². The van der Waals surface area contributed by atoms with Crippen molar-refractivity contribution in [3.05, 3.63) is 0 Å². The minimum absolute atomic E-state index is 0.164. The summed E-state index contributed by atoms with van der Waals surface area (Å²) in [6.07, 6.45) is 2.64. The van der Waals surface area contributed by atoms with E-state index in [2.05, 4.69) is 17.6 Å². The van der Waals surface area contributed by atoms with E-state index in [9.17, 15) is 4.79 Å². The summed E-state index contributed by atoms with van der Waals surface area (Å²) in [4.78, 5) is 11.2. The molecule has 0 radical (unpaired) electrons. The van der Waals surface area contributed by atoms with E-state index in [1.54, 1.807) is 11.8 Å². The van der Waals surface area contributed by atoms with Crippen LogP contribution in [0.1, 0.15) is 13.3 Å². The third-order valence-electron chi connectivity index (χ3n) is 1.73. The molecule has 0 aliphatic rings. The van der Waals surface area contributed by atoms with Gasteiger partial charge in [-0.05, 0) is 25.8 Å². The van der Waals surface area contributed by atoms with Gasteiger partial charge in [0.25, 0.3) is 0 Å². The Labute approximate surface area is 85.0 Å². The largest absolute Gasteiger partial charge is 0.356 e. The molecule has 0 rings (SSSR count). The lowest BCUT2D eigenvalue weighted by molar-refractivity contribution is -0.120. The van der Waals surface area contributed by atoms with E-state index < -0.39 is 0 Å². The summed E-state index contributed by atoms with van der Waals surface area (Å²) in [5.74, 6) is 1.58. The first-order chi connectivity index (χ1) is 6.20. The Morgan fingerprint density at radius 3 is 2.69 bits per heavy atom. The lowest BCUT2D eigenvalue weighted by Crippen LogP contribution is -2.32. The number of carbonyl (C=O) groups is 1. The third kappa shape index (κ3) is 8.12. The van der Waals surface area contributed by atoms with Gasteiger partial charge in [-0.2, -0.15) is 11.8 Å². The summed E-state index contributed by atoms with van der Waals surface area (Å²) < 4.78 is 0. The van der Waals surface area contributed by atoms with E-state index in [1.165, 1.54) is 0 Å². The number of thioether (sulfide) groups is 1. The first kappa shape index (κ1) is 12.8. The van der Waals surface area contributed by atoms with Crippen LogP contribution < -0.4 is 10.6 Å². The summed E-state index contributed by atoms with van der Waals surface area (Å²) in [6, 6.07) is 0. The second-order valence-electron chi connectivity index (χ2n) is 3.21. The van der Waals surface area contributed by atoms with Gasteiger partial charge >= 0.3 is 0 Å². The van der Waals surface area contributed by atoms with Crippen molar-refractivity contribution in [1.29, 1.82) is 0 Å². The maximum atomic E-state index is 11.2. The number of carbonyl (C=O) groups excluding carboxylic acids is 1. The molecule has 0 heterocycles. The summed E-state index contributed by atoms with van der Waals surface area (Å²) >= 11 is 1.70. The van der Waals surface area contributed by atoms with Gasteiger partial charge in [-0.3, -0.25) is 4.79 Å². The van der Waals surface area contributed by atoms with Gasteiger partial charge in [0.05, 0.1) is 0 Å². The summed E-state index contributed by atoms with van der Waals surface area (Å²) in [5, 5.41) is 5.99. The lowest BCUT2D eigenvalue weighted by Gasteiger charge is -2.11. The molecule has 0 fully saturated rings. The van der Waals surface area contributed by atoms with E-state index in [0.717, 1.165) is 18.8 Å². The van der Waals surface area contributed by atoms with Crippen molar-refractivity contribution in [2.24, 2.45) is 5.92 Å². The zero-order valence-corrected chi connectivity index (χ0v) is 9.54. The van der Waals surface area contributed by atoms with Crippen molar-refractivity contribution in [3.8, 4) is 0 Å². The predicted molar refractivity (Wildman–Crippen MR) is 59.1 cm³/mol. The Kier molecular flexibility index (Phi) is 8.24. The number of hydrogen-bond acceptors (Lipinski definition) is 3. The quantitative estimate of drug-likeness (QED) is 0.642. The van der Waals surface area contributed by atoms with Crippen LogP contribution in [0.4, 0.5) is 0 Å². The van der Waals surface area contributed by atoms with Gasteiger partial charge in [-0.15, -0.1) is 0 Å². The highest BCUT2D eigenvalue weighted by atomic mass is 32.2. The molecule has 0 aromatic carbocycles. The smallest absolute Gasteiger partial charge is 0.220 e. The molecular weight excluding hydrogens is 184 g/mol. The van der Waals surface area contributed by atoms with Crippen LogP contribution in [0.2, 0.25) is 0 Å². The van der Waals surface area contributed by atoms with Crippen molar-refractivity contribution >= 4 is 17.7 Å². The van der Waals surface area contributed by atoms with Crippen LogP contribution in [0.25, 0.3) is 0 Å². The van der Waals surface area contributed by atoms with Crippen molar-refractivity contribution in [1.82, 2.24) is 10.6 Å². The molecule has 0 aromatic heterocycles. The van der Waals surface area contributed by atoms with Gasteiger partial charge < -0.3 is 10.6 Å². The molecule has 0 spiro atoms. The molecule has 78 valence electrons. The fraction of sp³-hybridized carbons (Fsp3) is 0.889. The van der Waals surface area contributed by atoms with Crippen LogP contribution in [0.3, 0.4) is 0 Å². The molecule has 0 aromatic rings. The van der Waals surface area contributed by atoms with Gasteiger partial charge in [0.2, 0.25) is 5.91 Å². The molecule has 2 N–H and O–H groups in total. The molecule has 0 aliphatic heterocycles. The normalized spacial score (nSPS) is 12.5. The molecule has 3 nitrogen and oxygen atoms in total. The second-order valence-corrected chi connectivity index (χ2v) is 4.20. The lowest BCUT2D eigenvalue weighted by atomic mass is 10.2. The maximum absolute atomic E-state index is 11.2. The van der Waals surface area contributed by atoms with E-state index in [4.69, 9.17) is 0 Å². The zero-order valence-electron chi connectivity index (χ0n) is 8.72. The SMILES string of the molecule is CNCC(C)CNC(=O)CCSC. The molecule has 13 heavy (non-hydrogen) atoms. The molecule has 1 unspecified atom stereocenters. The van der Waals surface area contributed by atoms with E-state index >= 15 is 0 Å². The minimum atomic E-state index is 0.164. The first-order valence-electron chi connectivity index (χ1n) is 4.61. The molecule has 1 amide bonds. The Bertz CT molecular complexity index is 142. The van der Waals surface area contributed by atoms with Gasteiger partial charge in [-0.25, -0.2) is 0 Å². The Balaban J connectivity index is 3.34. The third-order valence-corrected chi connectivity index (χ3v) is 2.35. The van der Waals surface area contributed by atoms with Crippen molar-refractivity contribution in [2.45, 2.75) is 13.3 Å². The average molecular weight is 204 g/mol. The van der Waals surface area contributed by atoms with Crippen LogP contribution in [-0.4, -0.2) is 38.1 Å². The maximum Gasteiger partial charge on any atom is 0.220 e. The average Bonchev–Trinajstić information content (AvgIpc) is 2.12. The fourth-order valence-corrected chi connectivity index (χ4v) is 1.38. The highest BCUT2D eigenvalue weighted by molar-refractivity contribution is 7.98. The van der Waals surface area contributed by atoms with Crippen molar-refractivity contribution in [3.63, 3.8) is 0 Å². The number of nitrogens with one attached hydrogen (secondary N) is 2. The summed E-state index contributed by atoms with van der Waals surface area (Å²) in [6.45, 7) is 3.84. The Hall–Kier alpha value is -0.220. The molecule has 0 aliphatic carbocycles. The highest BCUT2D eigenvalue weighted by Crippen LogP contribution is 1.95. The predicted octanol–water partition coefficient (Wildman–Crippen LogP) is 0.711. The monoisotopic (exact) mass is 204 g/mol. The van der Waals surface area contributed by atoms with Gasteiger partial charge in [-0.1, -0.05) is 6.92 Å². The summed E-state index contributed by atoms with van der Waals surface area (Å²) in [5.41, 5.74) is 0. The fourth-order valence-electron chi connectivity index (χ4n) is 0.992. The minimum Gasteiger partial charge on any atom is -0.356 e. The number of amides is 1. The van der Waals surface area contributed by atoms with Crippen molar-refractivity contribution in [2.75, 3.05) is 32.1 Å². The molecule has 0 saturated carbocycles. The van der Waals surface area contributed by atoms with Gasteiger partial charge in [0.1, 0.15) is 0 Å². The Morgan fingerprint density at radius 1 is 1.46 bits per heavy atom. The summed E-state index contributed by atoms with van der Waals surface area (Å²) in [7, 11) is 1.92. The highest BCUT2D eigenvalue weighted by Gasteiger charge is 2.03. The second kappa shape index (κ2) is 8.38. The molecular formula is C9H20N2OS. The van der Waals surface area contributed by atoms with Gasteiger partial charge in [0, 0.05) is 18.7 Å². The molecule has 0 bridgehead atoms. The number of rotatable bonds is 7. The van der Waals surface area contributed by atoms with E-state index in [0.29, 0.717) is 12.3 Å². The van der Waals surface area contributed by atoms with Crippen LogP contribution in [0.5, 0.6) is 0 Å². The van der Waals surface area contributed by atoms with E-state index in [-0.39, 0.29) is 5.91 Å². The van der Waals surface area contributed by atoms with Crippen LogP contribution in [-0.2, 0) is 4.79 Å². The van der Waals surface area contributed by atoms with Gasteiger partial charge in [0.15, 0.2) is 0 Å². The Morgan fingerprint density at radius 2 is 2.15 bits per heavy atom. The standard InChI is InChI=1S/C9H20N2OS/c1-8(6-10-2)7-11-9(12)4-5-13-3/h8,10H,4-7H2,1-3H3,(H,11,12). The van der Waals surface area contributed by atoms with Crippen molar-refractivity contribution < 1.29 is 4.79 Å². The molecule has 1 atom stereocenters. The first-order valence-corrected chi connectivity index (χ1v) is 6.00. The zero-order chi connectivity index (χ0) is 10.1. The van der Waals surface area contributed by atoms with Crippen LogP contribution in [0.15, 0.2) is 0 Å². The topological polar surface area (TPSA) is 41.1 Å². The van der Waals surface area contributed by atoms with E-state index in [1.807, 2.05) is 13.3 Å². The molecule has 4 heteroatoms. The number of hydrogen-bond donors (Lipinski definition) is 2.